The van der Waals surface area contributed by atoms with Crippen LogP contribution in [0.15, 0.2) is 66.3 Å². The van der Waals surface area contributed by atoms with Gasteiger partial charge >= 0.3 is 0 Å². The van der Waals surface area contributed by atoms with Crippen LogP contribution in [0.25, 0.3) is 22.0 Å². The molecular formula is C25H24N6O2S. The maximum Gasteiger partial charge on any atom is 0.258 e. The van der Waals surface area contributed by atoms with E-state index in [1.165, 1.54) is 11.3 Å². The Kier molecular flexibility index (Phi) is 6.04. The highest BCUT2D eigenvalue weighted by Gasteiger charge is 2.45. The second-order valence-corrected chi connectivity index (χ2v) is 9.08. The first-order chi connectivity index (χ1) is 16.5. The molecule has 8 nitrogen and oxygen atoms in total. The molecule has 1 aromatic carbocycles. The maximum atomic E-state index is 12.5. The molecule has 1 amide bonds. The van der Waals surface area contributed by atoms with Gasteiger partial charge < -0.3 is 15.3 Å². The predicted molar refractivity (Wildman–Crippen MR) is 131 cm³/mol. The van der Waals surface area contributed by atoms with Crippen molar-refractivity contribution in [2.75, 3.05) is 25.5 Å². The fourth-order valence-corrected chi connectivity index (χ4v) is 4.80. The number of nitrogens with one attached hydrogen (secondary N) is 1. The number of pyridine rings is 1. The third-order valence-electron chi connectivity index (χ3n) is 5.91. The number of likely N-dealkylation sites (N-methyl/N-ethyl adjacent to an activating group) is 1. The zero-order chi connectivity index (χ0) is 23.5. The van der Waals surface area contributed by atoms with E-state index in [0.717, 1.165) is 34.1 Å². The number of benzene rings is 1. The maximum absolute atomic E-state index is 12.5. The van der Waals surface area contributed by atoms with Gasteiger partial charge in [0.25, 0.3) is 5.91 Å². The van der Waals surface area contributed by atoms with E-state index >= 15 is 0 Å². The van der Waals surface area contributed by atoms with Crippen molar-refractivity contribution in [2.45, 2.75) is 18.4 Å². The minimum atomic E-state index is -1.48. The highest BCUT2D eigenvalue weighted by molar-refractivity contribution is 7.13. The number of likely N-dealkylation sites (tertiary alicyclic amines) is 1. The highest BCUT2D eigenvalue weighted by atomic mass is 32.1. The van der Waals surface area contributed by atoms with Gasteiger partial charge in [0.2, 0.25) is 5.95 Å². The summed E-state index contributed by atoms with van der Waals surface area (Å²) in [4.78, 5) is 32.0. The Hall–Kier alpha value is -3.69. The summed E-state index contributed by atoms with van der Waals surface area (Å²) < 4.78 is 0. The topological polar surface area (TPSA) is 104 Å². The minimum absolute atomic E-state index is 0.270. The van der Waals surface area contributed by atoms with Crippen molar-refractivity contribution in [3.8, 4) is 22.0 Å². The molecule has 0 aliphatic carbocycles. The molecule has 1 aliphatic rings. The first-order valence-electron chi connectivity index (χ1n) is 11.0. The number of amides is 1. The summed E-state index contributed by atoms with van der Waals surface area (Å²) in [6, 6.07) is 15.1. The Balaban J connectivity index is 1.32. The number of anilines is 1. The smallest absolute Gasteiger partial charge is 0.258 e. The number of carbonyl (C=O) groups is 1. The van der Waals surface area contributed by atoms with Crippen molar-refractivity contribution in [1.82, 2.24) is 24.8 Å². The summed E-state index contributed by atoms with van der Waals surface area (Å²) in [6.07, 6.45) is 4.65. The van der Waals surface area contributed by atoms with E-state index in [0.29, 0.717) is 31.0 Å². The SMILES string of the molecule is CN1CC[C@@](O)(c2cccc(-c3nc(-c4ccnc(NCCc5ccccn5)n4)cs3)c2)C1=O. The van der Waals surface area contributed by atoms with Gasteiger partial charge in [-0.2, -0.15) is 0 Å². The molecule has 4 aromatic rings. The number of thiazole rings is 1. The van der Waals surface area contributed by atoms with Crippen molar-refractivity contribution in [1.29, 1.82) is 0 Å². The largest absolute Gasteiger partial charge is 0.375 e. The molecular weight excluding hydrogens is 448 g/mol. The first kappa shape index (κ1) is 22.1. The normalized spacial score (nSPS) is 17.8. The van der Waals surface area contributed by atoms with E-state index in [1.807, 2.05) is 47.8 Å². The summed E-state index contributed by atoms with van der Waals surface area (Å²) in [6.45, 7) is 1.21. The van der Waals surface area contributed by atoms with Gasteiger partial charge in [-0.3, -0.25) is 9.78 Å². The molecule has 1 atom stereocenters. The van der Waals surface area contributed by atoms with Gasteiger partial charge in [0.05, 0.1) is 5.69 Å². The molecule has 1 saturated heterocycles. The number of aromatic nitrogens is 4. The van der Waals surface area contributed by atoms with Crippen LogP contribution in [0.2, 0.25) is 0 Å². The molecule has 0 radical (unpaired) electrons. The predicted octanol–water partition coefficient (Wildman–Crippen LogP) is 3.37. The summed E-state index contributed by atoms with van der Waals surface area (Å²) in [5, 5.41) is 17.0. The zero-order valence-electron chi connectivity index (χ0n) is 18.7. The molecule has 5 rings (SSSR count). The van der Waals surface area contributed by atoms with E-state index in [-0.39, 0.29) is 5.91 Å². The Morgan fingerprint density at radius 3 is 2.79 bits per heavy atom. The molecule has 0 saturated carbocycles. The van der Waals surface area contributed by atoms with Crippen molar-refractivity contribution in [2.24, 2.45) is 0 Å². The average Bonchev–Trinajstić information content (AvgIpc) is 3.47. The molecule has 3 aromatic heterocycles. The summed E-state index contributed by atoms with van der Waals surface area (Å²) in [5.74, 6) is 0.268. The van der Waals surface area contributed by atoms with Crippen molar-refractivity contribution in [3.63, 3.8) is 0 Å². The van der Waals surface area contributed by atoms with Gasteiger partial charge in [-0.25, -0.2) is 15.0 Å². The van der Waals surface area contributed by atoms with Gasteiger partial charge in [-0.05, 0) is 29.8 Å². The van der Waals surface area contributed by atoms with E-state index in [2.05, 4.69) is 20.3 Å². The molecule has 9 heteroatoms. The van der Waals surface area contributed by atoms with Crippen LogP contribution < -0.4 is 5.32 Å². The fourth-order valence-electron chi connectivity index (χ4n) is 3.99. The van der Waals surface area contributed by atoms with Crippen LogP contribution in [0, 0.1) is 0 Å². The second-order valence-electron chi connectivity index (χ2n) is 8.22. The van der Waals surface area contributed by atoms with E-state index in [1.54, 1.807) is 30.4 Å². The fraction of sp³-hybridized carbons (Fsp3) is 0.240. The van der Waals surface area contributed by atoms with Crippen molar-refractivity contribution < 1.29 is 9.90 Å². The second kappa shape index (κ2) is 9.28. The van der Waals surface area contributed by atoms with Crippen LogP contribution in [0.4, 0.5) is 5.95 Å². The molecule has 1 aliphatic heterocycles. The lowest BCUT2D eigenvalue weighted by molar-refractivity contribution is -0.143. The Morgan fingerprint density at radius 2 is 2.00 bits per heavy atom. The van der Waals surface area contributed by atoms with Crippen molar-refractivity contribution in [3.05, 3.63) is 77.6 Å². The van der Waals surface area contributed by atoms with E-state index in [9.17, 15) is 9.90 Å². The van der Waals surface area contributed by atoms with Gasteiger partial charge in [0, 0.05) is 62.0 Å². The highest BCUT2D eigenvalue weighted by Crippen LogP contribution is 2.36. The zero-order valence-corrected chi connectivity index (χ0v) is 19.5. The van der Waals surface area contributed by atoms with E-state index < -0.39 is 5.60 Å². The van der Waals surface area contributed by atoms with Crippen LogP contribution in [-0.2, 0) is 16.8 Å². The number of carbonyl (C=O) groups excluding carboxylic acids is 1. The van der Waals surface area contributed by atoms with Crippen LogP contribution in [0.1, 0.15) is 17.7 Å². The lowest BCUT2D eigenvalue weighted by Crippen LogP contribution is -2.36. The number of hydrogen-bond acceptors (Lipinski definition) is 8. The lowest BCUT2D eigenvalue weighted by atomic mass is 9.91. The Bertz CT molecular complexity index is 1310. The average molecular weight is 473 g/mol. The molecule has 34 heavy (non-hydrogen) atoms. The quantitative estimate of drug-likeness (QED) is 0.425. The standard InChI is InChI=1S/C25H24N6O2S/c1-31-14-10-25(33,23(31)32)18-6-4-5-17(15-18)22-29-21(16-34-22)20-9-13-28-24(30-20)27-12-8-19-7-2-3-11-26-19/h2-7,9,11,13,15-16,33H,8,10,12,14H2,1H3,(H,27,28,30)/t25-/m1/s1. The summed E-state index contributed by atoms with van der Waals surface area (Å²) >= 11 is 1.49. The Labute approximate surface area is 201 Å². The van der Waals surface area contributed by atoms with Gasteiger partial charge in [-0.15, -0.1) is 11.3 Å². The van der Waals surface area contributed by atoms with Gasteiger partial charge in [0.15, 0.2) is 5.60 Å². The molecule has 0 bridgehead atoms. The van der Waals surface area contributed by atoms with Crippen LogP contribution in [0.5, 0.6) is 0 Å². The van der Waals surface area contributed by atoms with E-state index in [4.69, 9.17) is 4.98 Å². The van der Waals surface area contributed by atoms with Crippen LogP contribution in [-0.4, -0.2) is 56.0 Å². The van der Waals surface area contributed by atoms with Crippen LogP contribution >= 0.6 is 11.3 Å². The minimum Gasteiger partial charge on any atom is -0.375 e. The lowest BCUT2D eigenvalue weighted by Gasteiger charge is -2.21. The number of aliphatic hydroxyl groups is 1. The molecule has 1 fully saturated rings. The number of hydrogen-bond donors (Lipinski definition) is 2. The molecule has 4 heterocycles. The third-order valence-corrected chi connectivity index (χ3v) is 6.80. The monoisotopic (exact) mass is 472 g/mol. The molecule has 0 spiro atoms. The molecule has 172 valence electrons. The molecule has 0 unspecified atom stereocenters. The van der Waals surface area contributed by atoms with Crippen LogP contribution in [0.3, 0.4) is 0 Å². The van der Waals surface area contributed by atoms with Gasteiger partial charge in [0.1, 0.15) is 10.7 Å². The number of nitrogens with zero attached hydrogens (tertiary/aromatic N) is 5. The van der Waals surface area contributed by atoms with Gasteiger partial charge in [-0.1, -0.05) is 24.3 Å². The molecule has 2 N–H and O–H groups in total. The number of rotatable bonds is 7. The van der Waals surface area contributed by atoms with Crippen molar-refractivity contribution >= 4 is 23.2 Å². The third kappa shape index (κ3) is 4.40. The summed E-state index contributed by atoms with van der Waals surface area (Å²) in [7, 11) is 1.71. The first-order valence-corrected chi connectivity index (χ1v) is 11.9. The Morgan fingerprint density at radius 1 is 1.09 bits per heavy atom. The summed E-state index contributed by atoms with van der Waals surface area (Å²) in [5.41, 5.74) is 2.45.